The van der Waals surface area contributed by atoms with Gasteiger partial charge in [0, 0.05) is 26.3 Å². The van der Waals surface area contributed by atoms with Crippen LogP contribution < -0.4 is 0 Å². The molecule has 0 aliphatic heterocycles. The van der Waals surface area contributed by atoms with E-state index in [2.05, 4.69) is 20.9 Å². The normalized spacial score (nSPS) is 11.3. The van der Waals surface area contributed by atoms with Gasteiger partial charge in [-0.15, -0.1) is 0 Å². The van der Waals surface area contributed by atoms with E-state index in [-0.39, 0.29) is 5.82 Å². The van der Waals surface area contributed by atoms with E-state index in [1.54, 1.807) is 12.1 Å². The van der Waals surface area contributed by atoms with Gasteiger partial charge in [0.25, 0.3) is 0 Å². The van der Waals surface area contributed by atoms with E-state index in [0.29, 0.717) is 0 Å². The molecule has 0 saturated heterocycles. The van der Waals surface area contributed by atoms with Crippen LogP contribution in [0.15, 0.2) is 40.9 Å². The quantitative estimate of drug-likeness (QED) is 0.625. The Morgan fingerprint density at radius 2 is 1.80 bits per heavy atom. The number of aromatic amines is 1. The molecule has 0 aliphatic carbocycles. The summed E-state index contributed by atoms with van der Waals surface area (Å²) in [4.78, 5) is 3.25. The third-order valence-corrected chi connectivity index (χ3v) is 3.02. The highest BCUT2D eigenvalue weighted by molar-refractivity contribution is 9.10. The standard InChI is InChI=1S/C12H7BrFN/c13-7-1-3-9-10-6-8(14)2-4-11(10)15-12(9)5-7/h1-6,15H. The van der Waals surface area contributed by atoms with Crippen LogP contribution in [0.3, 0.4) is 0 Å². The molecular formula is C12H7BrFN. The van der Waals surface area contributed by atoms with Crippen molar-refractivity contribution in [3.05, 3.63) is 46.7 Å². The highest BCUT2D eigenvalue weighted by Crippen LogP contribution is 2.27. The fourth-order valence-corrected chi connectivity index (χ4v) is 2.21. The molecule has 0 fully saturated rings. The van der Waals surface area contributed by atoms with Gasteiger partial charge in [-0.3, -0.25) is 0 Å². The minimum absolute atomic E-state index is 0.202. The molecule has 1 N–H and O–H groups in total. The van der Waals surface area contributed by atoms with Crippen molar-refractivity contribution in [2.75, 3.05) is 0 Å². The van der Waals surface area contributed by atoms with Gasteiger partial charge in [0.05, 0.1) is 0 Å². The minimum atomic E-state index is -0.202. The van der Waals surface area contributed by atoms with E-state index >= 15 is 0 Å². The fraction of sp³-hybridized carbons (Fsp3) is 0. The van der Waals surface area contributed by atoms with Crippen LogP contribution in [0.5, 0.6) is 0 Å². The number of aromatic nitrogens is 1. The van der Waals surface area contributed by atoms with Gasteiger partial charge in [0.2, 0.25) is 0 Å². The summed E-state index contributed by atoms with van der Waals surface area (Å²) in [6.45, 7) is 0. The van der Waals surface area contributed by atoms with Crippen molar-refractivity contribution in [2.24, 2.45) is 0 Å². The third kappa shape index (κ3) is 1.35. The van der Waals surface area contributed by atoms with E-state index in [1.807, 2.05) is 18.2 Å². The molecule has 1 nitrogen and oxygen atoms in total. The second-order valence-electron chi connectivity index (χ2n) is 3.50. The Kier molecular flexibility index (Phi) is 1.83. The first-order chi connectivity index (χ1) is 7.24. The second-order valence-corrected chi connectivity index (χ2v) is 4.42. The lowest BCUT2D eigenvalue weighted by Gasteiger charge is -1.92. The van der Waals surface area contributed by atoms with Crippen LogP contribution in [0.2, 0.25) is 0 Å². The van der Waals surface area contributed by atoms with Gasteiger partial charge in [0.15, 0.2) is 0 Å². The maximum Gasteiger partial charge on any atom is 0.123 e. The van der Waals surface area contributed by atoms with Crippen molar-refractivity contribution in [2.45, 2.75) is 0 Å². The molecule has 1 heterocycles. The summed E-state index contributed by atoms with van der Waals surface area (Å²) in [7, 11) is 0. The number of rotatable bonds is 0. The summed E-state index contributed by atoms with van der Waals surface area (Å²) in [5.74, 6) is -0.202. The van der Waals surface area contributed by atoms with Crippen molar-refractivity contribution < 1.29 is 4.39 Å². The van der Waals surface area contributed by atoms with E-state index in [0.717, 1.165) is 26.3 Å². The number of H-pyrrole nitrogens is 1. The molecule has 0 atom stereocenters. The average molecular weight is 264 g/mol. The van der Waals surface area contributed by atoms with Crippen molar-refractivity contribution >= 4 is 37.7 Å². The second kappa shape index (κ2) is 3.07. The first-order valence-corrected chi connectivity index (χ1v) is 5.40. The van der Waals surface area contributed by atoms with Gasteiger partial charge in [-0.25, -0.2) is 4.39 Å². The Labute approximate surface area is 94.0 Å². The van der Waals surface area contributed by atoms with Gasteiger partial charge in [-0.1, -0.05) is 22.0 Å². The fourth-order valence-electron chi connectivity index (χ4n) is 1.85. The molecule has 0 saturated carbocycles. The van der Waals surface area contributed by atoms with Crippen LogP contribution in [-0.2, 0) is 0 Å². The molecule has 0 unspecified atom stereocenters. The summed E-state index contributed by atoms with van der Waals surface area (Å²) in [6.07, 6.45) is 0. The van der Waals surface area contributed by atoms with Crippen molar-refractivity contribution in [1.29, 1.82) is 0 Å². The van der Waals surface area contributed by atoms with Crippen LogP contribution in [0.1, 0.15) is 0 Å². The SMILES string of the molecule is Fc1ccc2[nH]c3cc(Br)ccc3c2c1. The molecule has 0 aliphatic rings. The van der Waals surface area contributed by atoms with E-state index < -0.39 is 0 Å². The van der Waals surface area contributed by atoms with E-state index in [4.69, 9.17) is 0 Å². The Bertz CT molecular complexity index is 657. The molecule has 1 aromatic heterocycles. The maximum absolute atomic E-state index is 13.1. The highest BCUT2D eigenvalue weighted by atomic mass is 79.9. The Balaban J connectivity index is 2.53. The van der Waals surface area contributed by atoms with Gasteiger partial charge in [-0.05, 0) is 30.3 Å². The number of benzene rings is 2. The summed E-state index contributed by atoms with van der Waals surface area (Å²) in [5, 5.41) is 1.98. The summed E-state index contributed by atoms with van der Waals surface area (Å²) < 4.78 is 14.1. The third-order valence-electron chi connectivity index (χ3n) is 2.52. The van der Waals surface area contributed by atoms with E-state index in [9.17, 15) is 4.39 Å². The molecular weight excluding hydrogens is 257 g/mol. The van der Waals surface area contributed by atoms with Crippen LogP contribution in [0.4, 0.5) is 4.39 Å². The maximum atomic E-state index is 13.1. The van der Waals surface area contributed by atoms with Gasteiger partial charge in [0.1, 0.15) is 5.82 Å². The van der Waals surface area contributed by atoms with Crippen molar-refractivity contribution in [3.63, 3.8) is 0 Å². The number of halogens is 2. The largest absolute Gasteiger partial charge is 0.354 e. The first-order valence-electron chi connectivity index (χ1n) is 4.60. The van der Waals surface area contributed by atoms with Crippen LogP contribution in [0, 0.1) is 5.82 Å². The van der Waals surface area contributed by atoms with Gasteiger partial charge < -0.3 is 4.98 Å². The number of nitrogens with one attached hydrogen (secondary N) is 1. The molecule has 15 heavy (non-hydrogen) atoms. The molecule has 3 aromatic rings. The monoisotopic (exact) mass is 263 g/mol. The summed E-state index contributed by atoms with van der Waals surface area (Å²) in [5.41, 5.74) is 1.98. The topological polar surface area (TPSA) is 15.8 Å². The molecule has 3 rings (SSSR count). The zero-order valence-corrected chi connectivity index (χ0v) is 9.31. The Morgan fingerprint density at radius 3 is 2.67 bits per heavy atom. The van der Waals surface area contributed by atoms with Crippen LogP contribution >= 0.6 is 15.9 Å². The molecule has 74 valence electrons. The molecule has 3 heteroatoms. The molecule has 0 radical (unpaired) electrons. The lowest BCUT2D eigenvalue weighted by atomic mass is 10.1. The zero-order valence-electron chi connectivity index (χ0n) is 7.72. The number of hydrogen-bond donors (Lipinski definition) is 1. The van der Waals surface area contributed by atoms with Gasteiger partial charge >= 0.3 is 0 Å². The summed E-state index contributed by atoms with van der Waals surface area (Å²) in [6, 6.07) is 10.7. The number of fused-ring (bicyclic) bond motifs is 3. The predicted octanol–water partition coefficient (Wildman–Crippen LogP) is 4.22. The van der Waals surface area contributed by atoms with Crippen molar-refractivity contribution in [3.8, 4) is 0 Å². The van der Waals surface area contributed by atoms with Crippen LogP contribution in [0.25, 0.3) is 21.8 Å². The van der Waals surface area contributed by atoms with Crippen LogP contribution in [-0.4, -0.2) is 4.98 Å². The van der Waals surface area contributed by atoms with Gasteiger partial charge in [-0.2, -0.15) is 0 Å². The Hall–Kier alpha value is -1.35. The average Bonchev–Trinajstić information content (AvgIpc) is 2.54. The highest BCUT2D eigenvalue weighted by Gasteiger charge is 2.04. The smallest absolute Gasteiger partial charge is 0.123 e. The molecule has 0 bridgehead atoms. The molecule has 0 spiro atoms. The predicted molar refractivity (Wildman–Crippen MR) is 63.5 cm³/mol. The molecule has 0 amide bonds. The van der Waals surface area contributed by atoms with E-state index in [1.165, 1.54) is 6.07 Å². The molecule has 2 aromatic carbocycles. The lowest BCUT2D eigenvalue weighted by molar-refractivity contribution is 0.630. The van der Waals surface area contributed by atoms with Crippen molar-refractivity contribution in [1.82, 2.24) is 4.98 Å². The Morgan fingerprint density at radius 1 is 0.933 bits per heavy atom. The minimum Gasteiger partial charge on any atom is -0.354 e. The first kappa shape index (κ1) is 8.92. The lowest BCUT2D eigenvalue weighted by Crippen LogP contribution is -1.71. The summed E-state index contributed by atoms with van der Waals surface area (Å²) >= 11 is 3.41. The zero-order chi connectivity index (χ0) is 10.4. The number of hydrogen-bond acceptors (Lipinski definition) is 0.